The number of nitrogens with zero attached hydrogens (tertiary/aromatic N) is 5. The van der Waals surface area contributed by atoms with Gasteiger partial charge in [0.1, 0.15) is 5.75 Å². The fourth-order valence-electron chi connectivity index (χ4n) is 4.47. The van der Waals surface area contributed by atoms with Crippen LogP contribution in [0.15, 0.2) is 77.6 Å². The SMILES string of the molecule is COc1ccc(Cn2nnnc2CN(Cc2ccc(C)cc2)Cc2cc3cccc(C)c3[nH]c2=O)cc1. The van der Waals surface area contributed by atoms with Gasteiger partial charge >= 0.3 is 0 Å². The molecule has 0 fully saturated rings. The van der Waals surface area contributed by atoms with Crippen LogP contribution < -0.4 is 10.3 Å². The van der Waals surface area contributed by atoms with E-state index in [0.717, 1.165) is 39.2 Å². The third kappa shape index (κ3) is 5.76. The molecule has 0 bridgehead atoms. The number of aromatic nitrogens is 5. The van der Waals surface area contributed by atoms with Crippen LogP contribution in [0.2, 0.25) is 0 Å². The monoisotopic (exact) mass is 494 g/mol. The maximum Gasteiger partial charge on any atom is 0.252 e. The zero-order valence-electron chi connectivity index (χ0n) is 21.3. The number of fused-ring (bicyclic) bond motifs is 1. The first kappa shape index (κ1) is 24.4. The smallest absolute Gasteiger partial charge is 0.252 e. The summed E-state index contributed by atoms with van der Waals surface area (Å²) < 4.78 is 7.07. The standard InChI is InChI=1S/C29H30N6O2/c1-20-7-9-22(10-8-20)16-34(18-25-15-24-6-4-5-21(2)28(24)30-29(25)36)19-27-31-32-33-35(27)17-23-11-13-26(37-3)14-12-23/h4-15H,16-19H2,1-3H3,(H,30,36). The predicted octanol–water partition coefficient (Wildman–Crippen LogP) is 4.39. The van der Waals surface area contributed by atoms with Crippen molar-refractivity contribution >= 4 is 10.9 Å². The molecule has 3 aromatic carbocycles. The molecule has 5 rings (SSSR count). The Morgan fingerprint density at radius 2 is 1.68 bits per heavy atom. The fourth-order valence-corrected chi connectivity index (χ4v) is 4.47. The number of aromatic amines is 1. The number of hydrogen-bond acceptors (Lipinski definition) is 6. The predicted molar refractivity (Wildman–Crippen MR) is 143 cm³/mol. The second kappa shape index (κ2) is 10.8. The molecule has 0 spiro atoms. The van der Waals surface area contributed by atoms with Gasteiger partial charge in [-0.05, 0) is 64.5 Å². The Bertz CT molecular complexity index is 1550. The molecule has 0 aliphatic heterocycles. The van der Waals surface area contributed by atoms with Gasteiger partial charge in [-0.1, -0.05) is 60.2 Å². The molecule has 0 radical (unpaired) electrons. The highest BCUT2D eigenvalue weighted by Gasteiger charge is 2.16. The molecule has 0 unspecified atom stereocenters. The van der Waals surface area contributed by atoms with Crippen LogP contribution >= 0.6 is 0 Å². The second-order valence-electron chi connectivity index (χ2n) is 9.39. The minimum atomic E-state index is -0.0754. The minimum absolute atomic E-state index is 0.0754. The zero-order valence-corrected chi connectivity index (χ0v) is 21.3. The van der Waals surface area contributed by atoms with Crippen molar-refractivity contribution in [2.75, 3.05) is 7.11 Å². The van der Waals surface area contributed by atoms with Crippen molar-refractivity contribution < 1.29 is 4.74 Å². The molecule has 0 atom stereocenters. The first-order valence-corrected chi connectivity index (χ1v) is 12.3. The van der Waals surface area contributed by atoms with E-state index in [0.29, 0.717) is 31.7 Å². The largest absolute Gasteiger partial charge is 0.497 e. The zero-order chi connectivity index (χ0) is 25.8. The maximum absolute atomic E-state index is 13.0. The van der Waals surface area contributed by atoms with Crippen molar-refractivity contribution in [2.24, 2.45) is 0 Å². The molecule has 37 heavy (non-hydrogen) atoms. The maximum atomic E-state index is 13.0. The summed E-state index contributed by atoms with van der Waals surface area (Å²) in [5.41, 5.74) is 6.00. The van der Waals surface area contributed by atoms with Crippen LogP contribution in [0.5, 0.6) is 5.75 Å². The Hall–Kier alpha value is -4.30. The van der Waals surface area contributed by atoms with Crippen molar-refractivity contribution in [1.82, 2.24) is 30.1 Å². The molecule has 0 aliphatic carbocycles. The fraction of sp³-hybridized carbons (Fsp3) is 0.241. The first-order valence-electron chi connectivity index (χ1n) is 12.3. The van der Waals surface area contributed by atoms with Gasteiger partial charge in [-0.15, -0.1) is 5.10 Å². The van der Waals surface area contributed by atoms with E-state index < -0.39 is 0 Å². The van der Waals surface area contributed by atoms with E-state index in [-0.39, 0.29) is 5.56 Å². The Kier molecular flexibility index (Phi) is 7.09. The highest BCUT2D eigenvalue weighted by atomic mass is 16.5. The van der Waals surface area contributed by atoms with Crippen LogP contribution in [0.4, 0.5) is 0 Å². The molecule has 0 aliphatic rings. The van der Waals surface area contributed by atoms with Crippen LogP contribution in [0.25, 0.3) is 10.9 Å². The van der Waals surface area contributed by atoms with E-state index in [4.69, 9.17) is 4.74 Å². The summed E-state index contributed by atoms with van der Waals surface area (Å²) in [4.78, 5) is 18.3. The summed E-state index contributed by atoms with van der Waals surface area (Å²) >= 11 is 0. The Morgan fingerprint density at radius 1 is 0.919 bits per heavy atom. The van der Waals surface area contributed by atoms with Gasteiger partial charge < -0.3 is 9.72 Å². The van der Waals surface area contributed by atoms with Crippen molar-refractivity contribution in [3.05, 3.63) is 117 Å². The molecule has 2 heterocycles. The molecule has 8 nitrogen and oxygen atoms in total. The third-order valence-electron chi connectivity index (χ3n) is 6.55. The van der Waals surface area contributed by atoms with Gasteiger partial charge in [-0.2, -0.15) is 0 Å². The lowest BCUT2D eigenvalue weighted by Gasteiger charge is -2.22. The van der Waals surface area contributed by atoms with Crippen LogP contribution in [0.3, 0.4) is 0 Å². The van der Waals surface area contributed by atoms with E-state index in [1.807, 2.05) is 55.5 Å². The number of tetrazole rings is 1. The lowest BCUT2D eigenvalue weighted by molar-refractivity contribution is 0.236. The minimum Gasteiger partial charge on any atom is -0.497 e. The average Bonchev–Trinajstić information content (AvgIpc) is 3.33. The molecule has 188 valence electrons. The number of methoxy groups -OCH3 is 1. The van der Waals surface area contributed by atoms with E-state index in [9.17, 15) is 4.79 Å². The first-order chi connectivity index (χ1) is 18.0. The molecular weight excluding hydrogens is 464 g/mol. The normalized spacial score (nSPS) is 11.4. The summed E-state index contributed by atoms with van der Waals surface area (Å²) in [7, 11) is 1.65. The number of para-hydroxylation sites is 1. The highest BCUT2D eigenvalue weighted by molar-refractivity contribution is 5.81. The summed E-state index contributed by atoms with van der Waals surface area (Å²) in [6.45, 7) is 6.22. The number of nitrogens with one attached hydrogen (secondary N) is 1. The van der Waals surface area contributed by atoms with Crippen molar-refractivity contribution in [3.63, 3.8) is 0 Å². The number of H-pyrrole nitrogens is 1. The molecule has 0 saturated carbocycles. The molecule has 1 N–H and O–H groups in total. The summed E-state index contributed by atoms with van der Waals surface area (Å²) in [6, 6.07) is 24.4. The summed E-state index contributed by atoms with van der Waals surface area (Å²) in [6.07, 6.45) is 0. The van der Waals surface area contributed by atoms with Gasteiger partial charge in [0.2, 0.25) is 0 Å². The van der Waals surface area contributed by atoms with Gasteiger partial charge in [0.15, 0.2) is 5.82 Å². The Labute approximate surface area is 215 Å². The number of hydrogen-bond donors (Lipinski definition) is 1. The van der Waals surface area contributed by atoms with Crippen molar-refractivity contribution in [2.45, 2.75) is 40.0 Å². The van der Waals surface area contributed by atoms with E-state index in [1.54, 1.807) is 11.8 Å². The number of aryl methyl sites for hydroxylation is 2. The molecule has 0 saturated heterocycles. The number of ether oxygens (including phenoxy) is 1. The molecule has 8 heteroatoms. The van der Waals surface area contributed by atoms with Crippen LogP contribution in [-0.4, -0.2) is 37.2 Å². The van der Waals surface area contributed by atoms with E-state index >= 15 is 0 Å². The topological polar surface area (TPSA) is 88.9 Å². The van der Waals surface area contributed by atoms with Gasteiger partial charge in [0.25, 0.3) is 5.56 Å². The second-order valence-corrected chi connectivity index (χ2v) is 9.39. The van der Waals surface area contributed by atoms with Crippen molar-refractivity contribution in [1.29, 1.82) is 0 Å². The lowest BCUT2D eigenvalue weighted by Crippen LogP contribution is -2.28. The van der Waals surface area contributed by atoms with E-state index in [1.165, 1.54) is 5.56 Å². The van der Waals surface area contributed by atoms with E-state index in [2.05, 4.69) is 56.6 Å². The van der Waals surface area contributed by atoms with Crippen LogP contribution in [-0.2, 0) is 26.2 Å². The van der Waals surface area contributed by atoms with Gasteiger partial charge in [-0.25, -0.2) is 4.68 Å². The number of benzene rings is 3. The van der Waals surface area contributed by atoms with Crippen molar-refractivity contribution in [3.8, 4) is 5.75 Å². The third-order valence-corrected chi connectivity index (χ3v) is 6.55. The van der Waals surface area contributed by atoms with Gasteiger partial charge in [0, 0.05) is 18.7 Å². The highest BCUT2D eigenvalue weighted by Crippen LogP contribution is 2.18. The number of rotatable bonds is 9. The average molecular weight is 495 g/mol. The Morgan fingerprint density at radius 3 is 2.43 bits per heavy atom. The summed E-state index contributed by atoms with van der Waals surface area (Å²) in [5, 5.41) is 13.5. The number of pyridine rings is 1. The van der Waals surface area contributed by atoms with Gasteiger partial charge in [-0.3, -0.25) is 9.69 Å². The molecule has 5 aromatic rings. The molecule has 0 amide bonds. The van der Waals surface area contributed by atoms with Crippen LogP contribution in [0.1, 0.15) is 33.6 Å². The summed E-state index contributed by atoms with van der Waals surface area (Å²) in [5.74, 6) is 1.54. The molecule has 2 aromatic heterocycles. The van der Waals surface area contributed by atoms with Gasteiger partial charge in [0.05, 0.1) is 25.7 Å². The quantitative estimate of drug-likeness (QED) is 0.327. The van der Waals surface area contributed by atoms with Crippen LogP contribution in [0, 0.1) is 13.8 Å². The lowest BCUT2D eigenvalue weighted by atomic mass is 10.1. The molecular formula is C29H30N6O2. The Balaban J connectivity index is 1.43.